The van der Waals surface area contributed by atoms with E-state index in [9.17, 15) is 4.79 Å². The van der Waals surface area contributed by atoms with E-state index in [-0.39, 0.29) is 16.7 Å². The molecule has 8 nitrogen and oxygen atoms in total. The molecule has 3 aromatic heterocycles. The largest absolute Gasteiger partial charge is 0.493 e. The lowest BCUT2D eigenvalue weighted by Crippen LogP contribution is -2.20. The van der Waals surface area contributed by atoms with Crippen molar-refractivity contribution in [1.29, 1.82) is 0 Å². The fraction of sp³-hybridized carbons (Fsp3) is 0.143. The number of nitrogens with one attached hydrogen (secondary N) is 2. The molecule has 0 bridgehead atoms. The molecular formula is C14H12Cl2N6O2. The van der Waals surface area contributed by atoms with Crippen molar-refractivity contribution in [2.75, 3.05) is 19.4 Å². The number of hydrogen-bond donors (Lipinski definition) is 2. The van der Waals surface area contributed by atoms with Gasteiger partial charge < -0.3 is 15.4 Å². The lowest BCUT2D eigenvalue weighted by atomic mass is 10.2. The van der Waals surface area contributed by atoms with E-state index in [4.69, 9.17) is 32.1 Å². The first-order valence-electron chi connectivity index (χ1n) is 8.01. The molecule has 0 aromatic carbocycles. The summed E-state index contributed by atoms with van der Waals surface area (Å²) in [6.45, 7) is -2.67. The van der Waals surface area contributed by atoms with Crippen LogP contribution in [0.2, 0.25) is 10.3 Å². The Morgan fingerprint density at radius 1 is 1.42 bits per heavy atom. The van der Waals surface area contributed by atoms with Gasteiger partial charge in [-0.05, 0) is 17.7 Å². The van der Waals surface area contributed by atoms with Gasteiger partial charge in [-0.1, -0.05) is 11.6 Å². The minimum Gasteiger partial charge on any atom is -0.493 e. The number of fused-ring (bicyclic) bond motifs is 1. The van der Waals surface area contributed by atoms with E-state index in [1.165, 1.54) is 17.8 Å². The SMILES string of the molecule is [2H]C([2H])([2H])NC(=O)c1cnc(Cl)nc1Nc1cnn2ccc(Cl)c(OC)c12. The number of nitrogens with zero attached hydrogens (tertiary/aromatic N) is 4. The Balaban J connectivity index is 2.06. The van der Waals surface area contributed by atoms with Crippen LogP contribution in [0.4, 0.5) is 11.5 Å². The van der Waals surface area contributed by atoms with Gasteiger partial charge in [-0.15, -0.1) is 0 Å². The first kappa shape index (κ1) is 12.8. The maximum Gasteiger partial charge on any atom is 0.256 e. The molecule has 0 spiro atoms. The van der Waals surface area contributed by atoms with E-state index in [0.29, 0.717) is 22.0 Å². The molecule has 1 amide bonds. The van der Waals surface area contributed by atoms with E-state index in [2.05, 4.69) is 20.4 Å². The van der Waals surface area contributed by atoms with Crippen LogP contribution in [0.15, 0.2) is 24.7 Å². The van der Waals surface area contributed by atoms with Crippen LogP contribution in [-0.4, -0.2) is 39.6 Å². The molecule has 10 heteroatoms. The van der Waals surface area contributed by atoms with Gasteiger partial charge in [0.2, 0.25) is 5.28 Å². The highest BCUT2D eigenvalue weighted by atomic mass is 35.5. The molecule has 0 atom stereocenters. The van der Waals surface area contributed by atoms with Crippen LogP contribution in [0.1, 0.15) is 14.5 Å². The molecular weight excluding hydrogens is 355 g/mol. The molecule has 0 fully saturated rings. The number of amides is 1. The molecule has 3 rings (SSSR count). The van der Waals surface area contributed by atoms with Gasteiger partial charge in [0.15, 0.2) is 5.75 Å². The Kier molecular flexibility index (Phi) is 3.47. The predicted molar refractivity (Wildman–Crippen MR) is 90.5 cm³/mol. The molecule has 0 aliphatic carbocycles. The van der Waals surface area contributed by atoms with Crippen LogP contribution in [-0.2, 0) is 0 Å². The summed E-state index contributed by atoms with van der Waals surface area (Å²) < 4.78 is 28.4. The molecule has 124 valence electrons. The Morgan fingerprint density at radius 3 is 3.00 bits per heavy atom. The summed E-state index contributed by atoms with van der Waals surface area (Å²) >= 11 is 12.0. The maximum absolute atomic E-state index is 12.3. The fourth-order valence-corrected chi connectivity index (χ4v) is 2.49. The van der Waals surface area contributed by atoms with E-state index < -0.39 is 12.9 Å². The average molecular weight is 370 g/mol. The molecule has 0 aliphatic rings. The number of anilines is 2. The summed E-state index contributed by atoms with van der Waals surface area (Å²) in [5.74, 6) is -0.544. The zero-order chi connectivity index (χ0) is 19.8. The van der Waals surface area contributed by atoms with Crippen LogP contribution in [0.3, 0.4) is 0 Å². The van der Waals surface area contributed by atoms with Crippen LogP contribution >= 0.6 is 23.2 Å². The number of ether oxygens (including phenoxy) is 1. The minimum absolute atomic E-state index is 0.00585. The summed E-state index contributed by atoms with van der Waals surface area (Å²) in [6, 6.07) is 1.61. The summed E-state index contributed by atoms with van der Waals surface area (Å²) in [5.41, 5.74) is 0.782. The number of carbonyl (C=O) groups is 1. The van der Waals surface area contributed by atoms with E-state index >= 15 is 0 Å². The first-order valence-corrected chi connectivity index (χ1v) is 7.27. The summed E-state index contributed by atoms with van der Waals surface area (Å²) in [7, 11) is 1.45. The normalized spacial score (nSPS) is 13.0. The second-order valence-corrected chi connectivity index (χ2v) is 5.27. The number of aromatic nitrogens is 4. The molecule has 0 unspecified atom stereocenters. The van der Waals surface area contributed by atoms with Crippen molar-refractivity contribution in [3.63, 3.8) is 0 Å². The molecule has 0 saturated carbocycles. The summed E-state index contributed by atoms with van der Waals surface area (Å²) in [6.07, 6.45) is 4.21. The van der Waals surface area contributed by atoms with Crippen molar-refractivity contribution in [3.05, 3.63) is 40.5 Å². The number of pyridine rings is 1. The highest BCUT2D eigenvalue weighted by molar-refractivity contribution is 6.32. The number of carbonyl (C=O) groups excluding carboxylic acids is 1. The van der Waals surface area contributed by atoms with Crippen LogP contribution < -0.4 is 15.4 Å². The third-order valence-electron chi connectivity index (χ3n) is 3.16. The average Bonchev–Trinajstić information content (AvgIpc) is 2.96. The van der Waals surface area contributed by atoms with Crippen LogP contribution in [0.25, 0.3) is 5.52 Å². The lowest BCUT2D eigenvalue weighted by Gasteiger charge is -2.11. The molecule has 2 N–H and O–H groups in total. The Hall–Kier alpha value is -2.58. The molecule has 0 saturated heterocycles. The van der Waals surface area contributed by atoms with Crippen molar-refractivity contribution < 1.29 is 13.6 Å². The monoisotopic (exact) mass is 369 g/mol. The zero-order valence-electron chi connectivity index (χ0n) is 15.2. The van der Waals surface area contributed by atoms with E-state index in [1.54, 1.807) is 12.3 Å². The van der Waals surface area contributed by atoms with Crippen molar-refractivity contribution >= 4 is 46.1 Å². The van der Waals surface area contributed by atoms with Crippen molar-refractivity contribution in [2.24, 2.45) is 0 Å². The standard InChI is InChI=1S/C14H12Cl2N6O2/c1-17-13(23)7-5-18-14(16)21-12(7)20-9-6-19-22-4-3-8(15)11(24-2)10(9)22/h3-6H,1-2H3,(H,17,23)(H,18,20,21)/i1D3. The van der Waals surface area contributed by atoms with Gasteiger partial charge in [-0.3, -0.25) is 4.79 Å². The quantitative estimate of drug-likeness (QED) is 0.686. The van der Waals surface area contributed by atoms with Crippen LogP contribution in [0, 0.1) is 0 Å². The highest BCUT2D eigenvalue weighted by Gasteiger charge is 2.18. The number of halogens is 2. The second-order valence-electron chi connectivity index (χ2n) is 4.53. The minimum atomic E-state index is -2.67. The smallest absolute Gasteiger partial charge is 0.256 e. The van der Waals surface area contributed by atoms with Crippen LogP contribution in [0.5, 0.6) is 5.75 Å². The fourth-order valence-electron chi connectivity index (χ4n) is 2.13. The molecule has 24 heavy (non-hydrogen) atoms. The third kappa shape index (κ3) is 2.81. The van der Waals surface area contributed by atoms with Gasteiger partial charge in [0.1, 0.15) is 16.9 Å². The van der Waals surface area contributed by atoms with Crippen molar-refractivity contribution in [1.82, 2.24) is 24.9 Å². The first-order chi connectivity index (χ1) is 12.7. The summed E-state index contributed by atoms with van der Waals surface area (Å²) in [4.78, 5) is 20.0. The van der Waals surface area contributed by atoms with Gasteiger partial charge in [0, 0.05) is 23.5 Å². The predicted octanol–water partition coefficient (Wildman–Crippen LogP) is 2.54. The maximum atomic E-state index is 12.3. The van der Waals surface area contributed by atoms with Crippen molar-refractivity contribution in [2.45, 2.75) is 0 Å². The van der Waals surface area contributed by atoms with Gasteiger partial charge in [0.05, 0.1) is 24.0 Å². The second kappa shape index (κ2) is 6.50. The molecule has 3 aromatic rings. The van der Waals surface area contributed by atoms with Gasteiger partial charge in [0.25, 0.3) is 5.91 Å². The Labute approximate surface area is 151 Å². The number of hydrogen-bond acceptors (Lipinski definition) is 6. The van der Waals surface area contributed by atoms with E-state index in [0.717, 1.165) is 6.20 Å². The van der Waals surface area contributed by atoms with Gasteiger partial charge >= 0.3 is 0 Å². The number of methoxy groups -OCH3 is 1. The topological polar surface area (TPSA) is 93.4 Å². The third-order valence-corrected chi connectivity index (χ3v) is 3.64. The molecule has 0 aliphatic heterocycles. The highest BCUT2D eigenvalue weighted by Crippen LogP contribution is 2.35. The summed E-state index contributed by atoms with van der Waals surface area (Å²) in [5, 5.41) is 9.17. The van der Waals surface area contributed by atoms with E-state index in [1.807, 2.05) is 5.32 Å². The lowest BCUT2D eigenvalue weighted by molar-refractivity contribution is 0.0963. The Bertz CT molecular complexity index is 1020. The zero-order valence-corrected chi connectivity index (χ0v) is 13.7. The Morgan fingerprint density at radius 2 is 2.25 bits per heavy atom. The molecule has 0 radical (unpaired) electrons. The molecule has 3 heterocycles. The van der Waals surface area contributed by atoms with Crippen molar-refractivity contribution in [3.8, 4) is 5.75 Å². The van der Waals surface area contributed by atoms with Gasteiger partial charge in [-0.25, -0.2) is 9.50 Å². The van der Waals surface area contributed by atoms with Gasteiger partial charge in [-0.2, -0.15) is 10.1 Å². The number of rotatable bonds is 4.